The molecule has 0 fully saturated rings. The topological polar surface area (TPSA) is 64.6 Å². The lowest BCUT2D eigenvalue weighted by molar-refractivity contribution is 0.0720. The highest BCUT2D eigenvalue weighted by molar-refractivity contribution is 6.02. The number of nitrogens with zero attached hydrogens (tertiary/aromatic N) is 1. The van der Waals surface area contributed by atoms with Crippen molar-refractivity contribution in [2.45, 2.75) is 19.8 Å². The summed E-state index contributed by atoms with van der Waals surface area (Å²) in [4.78, 5) is 14.4. The van der Waals surface area contributed by atoms with Gasteiger partial charge in [0.05, 0.1) is 23.5 Å². The summed E-state index contributed by atoms with van der Waals surface area (Å²) in [6, 6.07) is 5.71. The molecule has 3 N–H and O–H groups in total. The third-order valence-electron chi connectivity index (χ3n) is 3.48. The lowest BCUT2D eigenvalue weighted by Crippen LogP contribution is -2.35. The molecule has 1 aliphatic rings. The van der Waals surface area contributed by atoms with Gasteiger partial charge in [0.2, 0.25) is 0 Å². The Morgan fingerprint density at radius 2 is 2.10 bits per heavy atom. The van der Waals surface area contributed by atoms with E-state index >= 15 is 0 Å². The summed E-state index contributed by atoms with van der Waals surface area (Å²) in [6.45, 7) is 4.84. The zero-order valence-corrected chi connectivity index (χ0v) is 12.0. The highest BCUT2D eigenvalue weighted by Crippen LogP contribution is 2.29. The van der Waals surface area contributed by atoms with Crippen LogP contribution in [0.5, 0.6) is 0 Å². The molecule has 1 aromatic rings. The average Bonchev–Trinajstić information content (AvgIpc) is 2.50. The third kappa shape index (κ3) is 3.22. The summed E-state index contributed by atoms with van der Waals surface area (Å²) in [6.07, 6.45) is 1.98. The van der Waals surface area contributed by atoms with E-state index in [1.54, 1.807) is 4.90 Å². The van der Waals surface area contributed by atoms with E-state index in [9.17, 15) is 4.79 Å². The van der Waals surface area contributed by atoms with Gasteiger partial charge < -0.3 is 20.6 Å². The zero-order valence-electron chi connectivity index (χ0n) is 12.0. The van der Waals surface area contributed by atoms with Crippen LogP contribution in [0.2, 0.25) is 0 Å². The summed E-state index contributed by atoms with van der Waals surface area (Å²) in [5.74, 6) is -0.0134. The average molecular weight is 277 g/mol. The molecule has 0 aromatic heterocycles. The molecule has 0 atom stereocenters. The number of para-hydroxylation sites is 1. The number of hydrogen-bond acceptors (Lipinski definition) is 4. The van der Waals surface area contributed by atoms with Crippen molar-refractivity contribution in [3.05, 3.63) is 23.8 Å². The molecule has 0 saturated carbocycles. The van der Waals surface area contributed by atoms with E-state index in [0.29, 0.717) is 18.7 Å². The molecule has 2 rings (SSSR count). The van der Waals surface area contributed by atoms with Crippen LogP contribution in [0.3, 0.4) is 0 Å². The van der Waals surface area contributed by atoms with Crippen LogP contribution in [0.25, 0.3) is 0 Å². The van der Waals surface area contributed by atoms with E-state index in [1.807, 2.05) is 18.2 Å². The molecule has 0 bridgehead atoms. The number of benzene rings is 1. The van der Waals surface area contributed by atoms with Gasteiger partial charge in [0.1, 0.15) is 0 Å². The predicted octanol–water partition coefficient (Wildman–Crippen LogP) is 1.76. The minimum atomic E-state index is -0.0134. The molecule has 0 spiro atoms. The number of anilines is 2. The summed E-state index contributed by atoms with van der Waals surface area (Å²) >= 11 is 0. The molecule has 110 valence electrons. The highest BCUT2D eigenvalue weighted by Gasteiger charge is 2.21. The number of fused-ring (bicyclic) bond motifs is 1. The van der Waals surface area contributed by atoms with Crippen molar-refractivity contribution in [2.75, 3.05) is 43.4 Å². The van der Waals surface area contributed by atoms with Crippen LogP contribution >= 0.6 is 0 Å². The van der Waals surface area contributed by atoms with Gasteiger partial charge in [0.15, 0.2) is 0 Å². The van der Waals surface area contributed by atoms with Gasteiger partial charge in [-0.3, -0.25) is 4.79 Å². The normalized spacial score (nSPS) is 13.1. The van der Waals surface area contributed by atoms with Crippen molar-refractivity contribution >= 4 is 17.3 Å². The number of amides is 1. The molecule has 0 unspecified atom stereocenters. The molecule has 1 amide bonds. The van der Waals surface area contributed by atoms with Gasteiger partial charge >= 0.3 is 0 Å². The van der Waals surface area contributed by atoms with Crippen LogP contribution < -0.4 is 10.6 Å². The number of rotatable bonds is 6. The van der Waals surface area contributed by atoms with E-state index < -0.39 is 0 Å². The standard InChI is InChI=1S/C15H23N3O2/c1-2-3-9-18(10-11-19)15(20)12-5-4-6-13-14(12)17-8-7-16-13/h4-6,16-17,19H,2-3,7-11H2,1H3. The van der Waals surface area contributed by atoms with E-state index in [2.05, 4.69) is 17.6 Å². The quantitative estimate of drug-likeness (QED) is 0.741. The zero-order chi connectivity index (χ0) is 14.4. The lowest BCUT2D eigenvalue weighted by Gasteiger charge is -2.26. The number of hydrogen-bond donors (Lipinski definition) is 3. The second-order valence-electron chi connectivity index (χ2n) is 4.95. The van der Waals surface area contributed by atoms with Crippen molar-refractivity contribution < 1.29 is 9.90 Å². The van der Waals surface area contributed by atoms with Gasteiger partial charge in [-0.05, 0) is 18.6 Å². The largest absolute Gasteiger partial charge is 0.395 e. The molecule has 5 nitrogen and oxygen atoms in total. The molecule has 0 saturated heterocycles. The van der Waals surface area contributed by atoms with E-state index in [4.69, 9.17) is 5.11 Å². The van der Waals surface area contributed by atoms with Crippen LogP contribution in [-0.2, 0) is 0 Å². The summed E-state index contributed by atoms with van der Waals surface area (Å²) in [5, 5.41) is 15.7. The van der Waals surface area contributed by atoms with E-state index in [0.717, 1.165) is 37.3 Å². The lowest BCUT2D eigenvalue weighted by atomic mass is 10.1. The minimum absolute atomic E-state index is 0.00381. The van der Waals surface area contributed by atoms with Crippen LogP contribution in [0.1, 0.15) is 30.1 Å². The fraction of sp³-hybridized carbons (Fsp3) is 0.533. The van der Waals surface area contributed by atoms with Gasteiger partial charge in [-0.2, -0.15) is 0 Å². The Balaban J connectivity index is 2.22. The molecule has 0 radical (unpaired) electrons. The number of aliphatic hydroxyl groups is 1. The first-order chi connectivity index (χ1) is 9.77. The van der Waals surface area contributed by atoms with Crippen molar-refractivity contribution in [3.63, 3.8) is 0 Å². The van der Waals surface area contributed by atoms with Crippen molar-refractivity contribution in [1.29, 1.82) is 0 Å². The van der Waals surface area contributed by atoms with Crippen LogP contribution in [0, 0.1) is 0 Å². The second kappa shape index (κ2) is 7.14. The Morgan fingerprint density at radius 3 is 2.85 bits per heavy atom. The Bertz CT molecular complexity index is 462. The maximum Gasteiger partial charge on any atom is 0.256 e. The number of unbranched alkanes of at least 4 members (excludes halogenated alkanes) is 1. The van der Waals surface area contributed by atoms with Crippen LogP contribution in [0.15, 0.2) is 18.2 Å². The first-order valence-electron chi connectivity index (χ1n) is 7.28. The third-order valence-corrected chi connectivity index (χ3v) is 3.48. The van der Waals surface area contributed by atoms with Gasteiger partial charge in [0.25, 0.3) is 5.91 Å². The Morgan fingerprint density at radius 1 is 1.30 bits per heavy atom. The number of nitrogens with one attached hydrogen (secondary N) is 2. The fourth-order valence-corrected chi connectivity index (χ4v) is 2.41. The maximum absolute atomic E-state index is 12.7. The Labute approximate surface area is 120 Å². The van der Waals surface area contributed by atoms with Crippen LogP contribution in [-0.4, -0.2) is 48.7 Å². The summed E-state index contributed by atoms with van der Waals surface area (Å²) < 4.78 is 0. The van der Waals surface area contributed by atoms with Gasteiger partial charge in [-0.15, -0.1) is 0 Å². The molecular formula is C15H23N3O2. The first-order valence-corrected chi connectivity index (χ1v) is 7.28. The fourth-order valence-electron chi connectivity index (χ4n) is 2.41. The summed E-state index contributed by atoms with van der Waals surface area (Å²) in [7, 11) is 0. The van der Waals surface area contributed by atoms with Crippen LogP contribution in [0.4, 0.5) is 11.4 Å². The molecule has 0 aliphatic carbocycles. The van der Waals surface area contributed by atoms with Gasteiger partial charge in [-0.25, -0.2) is 0 Å². The molecule has 20 heavy (non-hydrogen) atoms. The Hall–Kier alpha value is -1.75. The van der Waals surface area contributed by atoms with Crippen molar-refractivity contribution in [1.82, 2.24) is 4.90 Å². The smallest absolute Gasteiger partial charge is 0.256 e. The molecular weight excluding hydrogens is 254 g/mol. The predicted molar refractivity (Wildman–Crippen MR) is 81.3 cm³/mol. The van der Waals surface area contributed by atoms with E-state index in [1.165, 1.54) is 0 Å². The van der Waals surface area contributed by atoms with Gasteiger partial charge in [-0.1, -0.05) is 19.4 Å². The minimum Gasteiger partial charge on any atom is -0.395 e. The summed E-state index contributed by atoms with van der Waals surface area (Å²) in [5.41, 5.74) is 2.53. The SMILES string of the molecule is CCCCN(CCO)C(=O)c1cccc2c1NCCN2. The molecule has 1 aliphatic heterocycles. The van der Waals surface area contributed by atoms with E-state index in [-0.39, 0.29) is 12.5 Å². The molecule has 1 aromatic carbocycles. The van der Waals surface area contributed by atoms with Crippen molar-refractivity contribution in [3.8, 4) is 0 Å². The first kappa shape index (κ1) is 14.7. The monoisotopic (exact) mass is 277 g/mol. The second-order valence-corrected chi connectivity index (χ2v) is 4.95. The highest BCUT2D eigenvalue weighted by atomic mass is 16.3. The Kier molecular flexibility index (Phi) is 5.24. The molecule has 5 heteroatoms. The van der Waals surface area contributed by atoms with Crippen molar-refractivity contribution in [2.24, 2.45) is 0 Å². The maximum atomic E-state index is 12.7. The number of carbonyl (C=O) groups excluding carboxylic acids is 1. The number of aliphatic hydroxyl groups excluding tert-OH is 1. The number of carbonyl (C=O) groups is 1. The van der Waals surface area contributed by atoms with Gasteiger partial charge in [0, 0.05) is 26.2 Å². The molecule has 1 heterocycles.